The number of halogens is 1. The average molecular weight is 314 g/mol. The molecule has 0 saturated heterocycles. The SMILES string of the molecule is CN1C(=O)C(S(=O)(=O)Nc2ccccc2F)C=[N+](C)C1=O. The van der Waals surface area contributed by atoms with Crippen LogP contribution in [0.4, 0.5) is 14.9 Å². The van der Waals surface area contributed by atoms with Crippen molar-refractivity contribution in [3.8, 4) is 0 Å². The van der Waals surface area contributed by atoms with Crippen LogP contribution in [0, 0.1) is 5.82 Å². The summed E-state index contributed by atoms with van der Waals surface area (Å²) >= 11 is 0. The molecule has 1 aliphatic heterocycles. The van der Waals surface area contributed by atoms with Gasteiger partial charge in [-0.25, -0.2) is 22.2 Å². The van der Waals surface area contributed by atoms with E-state index in [4.69, 9.17) is 0 Å². The minimum absolute atomic E-state index is 0.263. The lowest BCUT2D eigenvalue weighted by molar-refractivity contribution is -0.399. The number of para-hydroxylation sites is 1. The molecule has 1 aliphatic rings. The number of sulfonamides is 1. The highest BCUT2D eigenvalue weighted by atomic mass is 32.2. The maximum atomic E-state index is 13.5. The molecule has 0 saturated carbocycles. The number of carbonyl (C=O) groups excluding carboxylic acids is 2. The van der Waals surface area contributed by atoms with Gasteiger partial charge in [-0.05, 0) is 12.1 Å². The number of hydrogen-bond donors (Lipinski definition) is 1. The number of hydrogen-bond acceptors (Lipinski definition) is 4. The first-order valence-corrected chi connectivity index (χ1v) is 7.44. The summed E-state index contributed by atoms with van der Waals surface area (Å²) in [6.07, 6.45) is 0.980. The van der Waals surface area contributed by atoms with Crippen molar-refractivity contribution < 1.29 is 27.0 Å². The number of nitrogens with one attached hydrogen (secondary N) is 1. The molecule has 2 rings (SSSR count). The number of carbonyl (C=O) groups is 2. The van der Waals surface area contributed by atoms with Crippen molar-refractivity contribution >= 4 is 33.9 Å². The maximum Gasteiger partial charge on any atom is 0.500 e. The zero-order valence-electron chi connectivity index (χ0n) is 11.3. The van der Waals surface area contributed by atoms with Crippen LogP contribution in [0.15, 0.2) is 24.3 Å². The summed E-state index contributed by atoms with van der Waals surface area (Å²) in [6.45, 7) is 0. The highest BCUT2D eigenvalue weighted by Gasteiger charge is 2.46. The molecule has 0 spiro atoms. The van der Waals surface area contributed by atoms with E-state index in [2.05, 4.69) is 0 Å². The Morgan fingerprint density at radius 3 is 2.52 bits per heavy atom. The first kappa shape index (κ1) is 15.1. The largest absolute Gasteiger partial charge is 0.500 e. The van der Waals surface area contributed by atoms with Crippen LogP contribution in [0.5, 0.6) is 0 Å². The zero-order valence-corrected chi connectivity index (χ0v) is 12.1. The fourth-order valence-corrected chi connectivity index (χ4v) is 3.19. The van der Waals surface area contributed by atoms with E-state index in [0.717, 1.165) is 16.9 Å². The Balaban J connectivity index is 2.38. The number of imide groups is 1. The van der Waals surface area contributed by atoms with Gasteiger partial charge in [-0.15, -0.1) is 0 Å². The summed E-state index contributed by atoms with van der Waals surface area (Å²) in [6, 6.07) is 4.54. The van der Waals surface area contributed by atoms with Crippen LogP contribution in [0.3, 0.4) is 0 Å². The van der Waals surface area contributed by atoms with Crippen LogP contribution in [-0.2, 0) is 14.8 Å². The van der Waals surface area contributed by atoms with Gasteiger partial charge in [0.15, 0.2) is 0 Å². The Morgan fingerprint density at radius 2 is 1.90 bits per heavy atom. The number of urea groups is 1. The van der Waals surface area contributed by atoms with E-state index in [1.54, 1.807) is 0 Å². The standard InChI is InChI=1S/C12H13FN3O4S/c1-15-7-10(11(17)16(2)12(15)18)21(19,20)14-9-6-4-3-5-8(9)13/h3-7,10,14H,1-2H3/q+1. The zero-order chi connectivity index (χ0) is 15.8. The number of amides is 3. The van der Waals surface area contributed by atoms with Crippen LogP contribution in [0.1, 0.15) is 0 Å². The number of rotatable bonds is 3. The summed E-state index contributed by atoms with van der Waals surface area (Å²) in [5.74, 6) is -1.66. The van der Waals surface area contributed by atoms with Crippen LogP contribution in [0.25, 0.3) is 0 Å². The van der Waals surface area contributed by atoms with Crippen molar-refractivity contribution in [1.82, 2.24) is 4.90 Å². The molecule has 9 heteroatoms. The van der Waals surface area contributed by atoms with E-state index in [1.807, 2.05) is 4.72 Å². The van der Waals surface area contributed by atoms with Gasteiger partial charge >= 0.3 is 11.9 Å². The second-order valence-corrected chi connectivity index (χ2v) is 6.29. The van der Waals surface area contributed by atoms with Crippen molar-refractivity contribution in [3.05, 3.63) is 30.1 Å². The number of nitrogens with zero attached hydrogens (tertiary/aromatic N) is 2. The topological polar surface area (TPSA) is 86.6 Å². The summed E-state index contributed by atoms with van der Waals surface area (Å²) < 4.78 is 41.0. The van der Waals surface area contributed by atoms with Gasteiger partial charge in [0.05, 0.1) is 19.8 Å². The molecule has 1 unspecified atom stereocenters. The Hall–Kier alpha value is -2.29. The molecular formula is C12H13FN3O4S+. The molecule has 1 heterocycles. The minimum Gasteiger partial charge on any atom is -0.279 e. The molecule has 0 radical (unpaired) electrons. The van der Waals surface area contributed by atoms with Crippen molar-refractivity contribution in [2.75, 3.05) is 18.8 Å². The highest BCUT2D eigenvalue weighted by molar-refractivity contribution is 7.94. The lowest BCUT2D eigenvalue weighted by Crippen LogP contribution is -2.54. The molecule has 7 nitrogen and oxygen atoms in total. The van der Waals surface area contributed by atoms with Crippen LogP contribution in [0.2, 0.25) is 0 Å². The van der Waals surface area contributed by atoms with Gasteiger partial charge in [0.2, 0.25) is 5.25 Å². The molecule has 1 atom stereocenters. The fraction of sp³-hybridized carbons (Fsp3) is 0.250. The first-order valence-electron chi connectivity index (χ1n) is 5.89. The van der Waals surface area contributed by atoms with Gasteiger partial charge in [0.25, 0.3) is 10.0 Å². The molecule has 1 aromatic rings. The molecule has 0 fully saturated rings. The summed E-state index contributed by atoms with van der Waals surface area (Å²) in [4.78, 5) is 24.2. The normalized spacial score (nSPS) is 19.5. The Bertz CT molecular complexity index is 745. The Labute approximate surface area is 120 Å². The van der Waals surface area contributed by atoms with Gasteiger partial charge in [0, 0.05) is 0 Å². The third-order valence-corrected chi connectivity index (χ3v) is 4.48. The van der Waals surface area contributed by atoms with Crippen LogP contribution in [-0.4, -0.2) is 55.4 Å². The summed E-state index contributed by atoms with van der Waals surface area (Å²) in [5.41, 5.74) is -0.263. The summed E-state index contributed by atoms with van der Waals surface area (Å²) in [7, 11) is -1.72. The average Bonchev–Trinajstić information content (AvgIpc) is 2.42. The molecule has 0 aliphatic carbocycles. The molecule has 21 heavy (non-hydrogen) atoms. The van der Waals surface area contributed by atoms with Gasteiger partial charge in [-0.3, -0.25) is 4.72 Å². The quantitative estimate of drug-likeness (QED) is 0.810. The van der Waals surface area contributed by atoms with Crippen molar-refractivity contribution in [3.63, 3.8) is 0 Å². The van der Waals surface area contributed by atoms with Gasteiger partial charge in [-0.2, -0.15) is 9.69 Å². The van der Waals surface area contributed by atoms with Crippen molar-refractivity contribution in [2.45, 2.75) is 5.25 Å². The predicted molar refractivity (Wildman–Crippen MR) is 73.1 cm³/mol. The lowest BCUT2D eigenvalue weighted by atomic mass is 10.3. The van der Waals surface area contributed by atoms with Gasteiger partial charge in [0.1, 0.15) is 12.0 Å². The lowest BCUT2D eigenvalue weighted by Gasteiger charge is -2.20. The Kier molecular flexibility index (Phi) is 3.77. The van der Waals surface area contributed by atoms with Crippen molar-refractivity contribution in [1.29, 1.82) is 0 Å². The van der Waals surface area contributed by atoms with Crippen LogP contribution >= 0.6 is 0 Å². The second kappa shape index (κ2) is 5.24. The molecule has 1 aromatic carbocycles. The van der Waals surface area contributed by atoms with E-state index < -0.39 is 33.0 Å². The van der Waals surface area contributed by atoms with E-state index in [9.17, 15) is 22.4 Å². The molecule has 0 bridgehead atoms. The van der Waals surface area contributed by atoms with Gasteiger partial charge < -0.3 is 0 Å². The molecule has 3 amide bonds. The molecule has 1 N–H and O–H groups in total. The fourth-order valence-electron chi connectivity index (χ4n) is 1.83. The van der Waals surface area contributed by atoms with E-state index in [0.29, 0.717) is 4.90 Å². The molecule has 0 aromatic heterocycles. The number of anilines is 1. The van der Waals surface area contributed by atoms with Crippen molar-refractivity contribution in [2.24, 2.45) is 0 Å². The van der Waals surface area contributed by atoms with E-state index in [-0.39, 0.29) is 5.69 Å². The van der Waals surface area contributed by atoms with E-state index in [1.165, 1.54) is 32.3 Å². The minimum atomic E-state index is -4.23. The number of benzene rings is 1. The monoisotopic (exact) mass is 314 g/mol. The third kappa shape index (κ3) is 2.77. The summed E-state index contributed by atoms with van der Waals surface area (Å²) in [5, 5.41) is -1.61. The van der Waals surface area contributed by atoms with E-state index >= 15 is 0 Å². The third-order valence-electron chi connectivity index (χ3n) is 2.98. The predicted octanol–water partition coefficient (Wildman–Crippen LogP) is 0.241. The highest BCUT2D eigenvalue weighted by Crippen LogP contribution is 2.17. The van der Waals surface area contributed by atoms with Gasteiger partial charge in [-0.1, -0.05) is 12.1 Å². The maximum absolute atomic E-state index is 13.5. The smallest absolute Gasteiger partial charge is 0.279 e. The Morgan fingerprint density at radius 1 is 1.29 bits per heavy atom. The first-order chi connectivity index (χ1) is 9.74. The van der Waals surface area contributed by atoms with Crippen LogP contribution < -0.4 is 4.72 Å². The molecular weight excluding hydrogens is 301 g/mol. The molecule has 112 valence electrons. The second-order valence-electron chi connectivity index (χ2n) is 4.49.